The maximum absolute atomic E-state index is 6.12. The number of hydrogen-bond donors (Lipinski definition) is 1. The van der Waals surface area contributed by atoms with Crippen LogP contribution in [0.3, 0.4) is 0 Å². The van der Waals surface area contributed by atoms with Crippen LogP contribution < -0.4 is 19.7 Å². The summed E-state index contributed by atoms with van der Waals surface area (Å²) in [6.07, 6.45) is 9.55. The zero-order chi connectivity index (χ0) is 20.1. The molecule has 0 bridgehead atoms. The Hall–Kier alpha value is -2.08. The van der Waals surface area contributed by atoms with Gasteiger partial charge in [0.15, 0.2) is 11.5 Å². The summed E-state index contributed by atoms with van der Waals surface area (Å²) in [5, 5.41) is 4.41. The Balaban J connectivity index is 1.42. The fourth-order valence-corrected chi connectivity index (χ4v) is 4.62. The number of nitrogens with one attached hydrogen (secondary N) is 1. The number of nitrogens with zero attached hydrogens (tertiary/aromatic N) is 3. The van der Waals surface area contributed by atoms with Crippen molar-refractivity contribution in [2.75, 3.05) is 44.8 Å². The van der Waals surface area contributed by atoms with Gasteiger partial charge in [0.1, 0.15) is 12.1 Å². The van der Waals surface area contributed by atoms with Crippen LogP contribution in [0.2, 0.25) is 0 Å². The quantitative estimate of drug-likeness (QED) is 0.711. The molecule has 1 aliphatic heterocycles. The van der Waals surface area contributed by atoms with Crippen molar-refractivity contribution in [3.63, 3.8) is 0 Å². The molecule has 4 rings (SSSR count). The SMILES string of the molecule is COc1cc2c(N3CCNCC3)ncnc2cc1OCCCC1CCC(C)CC1. The van der Waals surface area contributed by atoms with E-state index in [-0.39, 0.29) is 0 Å². The average molecular weight is 399 g/mol. The number of anilines is 1. The third kappa shape index (κ3) is 4.92. The number of methoxy groups -OCH3 is 1. The van der Waals surface area contributed by atoms with Crippen molar-refractivity contribution < 1.29 is 9.47 Å². The molecule has 0 amide bonds. The van der Waals surface area contributed by atoms with Crippen LogP contribution in [0.5, 0.6) is 11.5 Å². The fourth-order valence-electron chi connectivity index (χ4n) is 4.62. The molecule has 6 nitrogen and oxygen atoms in total. The van der Waals surface area contributed by atoms with Crippen molar-refractivity contribution in [3.05, 3.63) is 18.5 Å². The Bertz CT molecular complexity index is 799. The van der Waals surface area contributed by atoms with Crippen LogP contribution in [0, 0.1) is 11.8 Å². The van der Waals surface area contributed by atoms with Crippen LogP contribution in [0.25, 0.3) is 10.9 Å². The highest BCUT2D eigenvalue weighted by molar-refractivity contribution is 5.92. The van der Waals surface area contributed by atoms with Gasteiger partial charge in [-0.05, 0) is 30.7 Å². The van der Waals surface area contributed by atoms with E-state index in [1.165, 1.54) is 32.1 Å². The first-order chi connectivity index (χ1) is 14.2. The molecule has 1 aromatic carbocycles. The fraction of sp³-hybridized carbons (Fsp3) is 0.652. The lowest BCUT2D eigenvalue weighted by atomic mass is 9.81. The van der Waals surface area contributed by atoms with Crippen molar-refractivity contribution in [2.24, 2.45) is 11.8 Å². The summed E-state index contributed by atoms with van der Waals surface area (Å²) in [5.74, 6) is 4.31. The Kier molecular flexibility index (Phi) is 6.70. The lowest BCUT2D eigenvalue weighted by Gasteiger charge is -2.29. The lowest BCUT2D eigenvalue weighted by Crippen LogP contribution is -2.44. The monoisotopic (exact) mass is 398 g/mol. The van der Waals surface area contributed by atoms with E-state index in [1.54, 1.807) is 13.4 Å². The van der Waals surface area contributed by atoms with Gasteiger partial charge in [-0.3, -0.25) is 0 Å². The maximum Gasteiger partial charge on any atom is 0.163 e. The highest BCUT2D eigenvalue weighted by Gasteiger charge is 2.19. The number of ether oxygens (including phenoxy) is 2. The number of aromatic nitrogens is 2. The van der Waals surface area contributed by atoms with Gasteiger partial charge in [0.05, 0.1) is 19.2 Å². The zero-order valence-electron chi connectivity index (χ0n) is 17.8. The van der Waals surface area contributed by atoms with Gasteiger partial charge < -0.3 is 19.7 Å². The van der Waals surface area contributed by atoms with E-state index in [0.29, 0.717) is 0 Å². The number of rotatable bonds is 7. The molecule has 2 heterocycles. The third-order valence-electron chi connectivity index (χ3n) is 6.47. The lowest BCUT2D eigenvalue weighted by molar-refractivity contribution is 0.240. The van der Waals surface area contributed by atoms with Crippen molar-refractivity contribution in [1.29, 1.82) is 0 Å². The smallest absolute Gasteiger partial charge is 0.163 e. The normalized spacial score (nSPS) is 22.6. The summed E-state index contributed by atoms with van der Waals surface area (Å²) in [6.45, 7) is 6.96. The molecule has 0 unspecified atom stereocenters. The molecule has 0 atom stereocenters. The first-order valence-electron chi connectivity index (χ1n) is 11.2. The molecule has 1 N–H and O–H groups in total. The molecule has 2 aliphatic rings. The Morgan fingerprint density at radius 2 is 1.86 bits per heavy atom. The van der Waals surface area contributed by atoms with E-state index in [2.05, 4.69) is 27.1 Å². The molecule has 2 fully saturated rings. The average Bonchev–Trinajstić information content (AvgIpc) is 2.77. The summed E-state index contributed by atoms with van der Waals surface area (Å²) < 4.78 is 11.8. The summed E-state index contributed by atoms with van der Waals surface area (Å²) in [5.41, 5.74) is 0.908. The maximum atomic E-state index is 6.12. The molecule has 2 aromatic rings. The third-order valence-corrected chi connectivity index (χ3v) is 6.47. The van der Waals surface area contributed by atoms with Crippen molar-refractivity contribution in [3.8, 4) is 11.5 Å². The van der Waals surface area contributed by atoms with E-state index >= 15 is 0 Å². The molecule has 6 heteroatoms. The molecular formula is C23H34N4O2. The summed E-state index contributed by atoms with van der Waals surface area (Å²) in [6, 6.07) is 4.04. The predicted octanol–water partition coefficient (Wildman–Crippen LogP) is 4.03. The number of piperazine rings is 1. The molecule has 1 aromatic heterocycles. The van der Waals surface area contributed by atoms with Gasteiger partial charge in [0, 0.05) is 37.6 Å². The number of benzene rings is 1. The van der Waals surface area contributed by atoms with Crippen LogP contribution in [0.1, 0.15) is 45.4 Å². The highest BCUT2D eigenvalue weighted by atomic mass is 16.5. The van der Waals surface area contributed by atoms with E-state index in [1.807, 2.05) is 12.1 Å². The molecule has 1 saturated carbocycles. The second-order valence-electron chi connectivity index (χ2n) is 8.57. The van der Waals surface area contributed by atoms with Gasteiger partial charge in [-0.1, -0.05) is 32.6 Å². The van der Waals surface area contributed by atoms with E-state index in [0.717, 1.165) is 79.3 Å². The van der Waals surface area contributed by atoms with Crippen molar-refractivity contribution in [1.82, 2.24) is 15.3 Å². The van der Waals surface area contributed by atoms with Gasteiger partial charge in [0.2, 0.25) is 0 Å². The van der Waals surface area contributed by atoms with Crippen LogP contribution in [-0.2, 0) is 0 Å². The van der Waals surface area contributed by atoms with Crippen LogP contribution in [0.4, 0.5) is 5.82 Å². The zero-order valence-corrected chi connectivity index (χ0v) is 17.8. The largest absolute Gasteiger partial charge is 0.493 e. The summed E-state index contributed by atoms with van der Waals surface area (Å²) >= 11 is 0. The first kappa shape index (κ1) is 20.2. The van der Waals surface area contributed by atoms with Crippen LogP contribution in [-0.4, -0.2) is 49.9 Å². The molecule has 1 saturated heterocycles. The topological polar surface area (TPSA) is 59.5 Å². The van der Waals surface area contributed by atoms with Gasteiger partial charge >= 0.3 is 0 Å². The van der Waals surface area contributed by atoms with Crippen LogP contribution in [0.15, 0.2) is 18.5 Å². The van der Waals surface area contributed by atoms with E-state index in [9.17, 15) is 0 Å². The minimum atomic E-state index is 0.726. The predicted molar refractivity (Wildman–Crippen MR) is 117 cm³/mol. The van der Waals surface area contributed by atoms with Gasteiger partial charge in [0.25, 0.3) is 0 Å². The highest BCUT2D eigenvalue weighted by Crippen LogP contribution is 2.36. The Morgan fingerprint density at radius 3 is 2.62 bits per heavy atom. The number of hydrogen-bond acceptors (Lipinski definition) is 6. The molecule has 0 spiro atoms. The van der Waals surface area contributed by atoms with Gasteiger partial charge in [-0.15, -0.1) is 0 Å². The Morgan fingerprint density at radius 1 is 1.07 bits per heavy atom. The molecular weight excluding hydrogens is 364 g/mol. The minimum Gasteiger partial charge on any atom is -0.493 e. The van der Waals surface area contributed by atoms with Crippen molar-refractivity contribution >= 4 is 16.7 Å². The van der Waals surface area contributed by atoms with Gasteiger partial charge in [-0.25, -0.2) is 9.97 Å². The van der Waals surface area contributed by atoms with Crippen molar-refractivity contribution in [2.45, 2.75) is 45.4 Å². The second-order valence-corrected chi connectivity index (χ2v) is 8.57. The molecule has 0 radical (unpaired) electrons. The van der Waals surface area contributed by atoms with E-state index in [4.69, 9.17) is 9.47 Å². The standard InChI is InChI=1S/C23H34N4O2/c1-17-5-7-18(8-6-17)4-3-13-29-22-15-20-19(14-21(22)28-2)23(26-16-25-20)27-11-9-24-10-12-27/h14-18,24H,3-13H2,1-2H3. The number of fused-ring (bicyclic) bond motifs is 1. The summed E-state index contributed by atoms with van der Waals surface area (Å²) in [7, 11) is 1.70. The first-order valence-corrected chi connectivity index (χ1v) is 11.2. The molecule has 158 valence electrons. The molecule has 1 aliphatic carbocycles. The Labute approximate surface area is 174 Å². The van der Waals surface area contributed by atoms with Gasteiger partial charge in [-0.2, -0.15) is 0 Å². The second kappa shape index (κ2) is 9.61. The summed E-state index contributed by atoms with van der Waals surface area (Å²) in [4.78, 5) is 11.4. The van der Waals surface area contributed by atoms with Crippen LogP contribution >= 0.6 is 0 Å². The molecule has 29 heavy (non-hydrogen) atoms. The minimum absolute atomic E-state index is 0.726. The van der Waals surface area contributed by atoms with E-state index < -0.39 is 0 Å².